The highest BCUT2D eigenvalue weighted by Crippen LogP contribution is 2.26. The van der Waals surface area contributed by atoms with Gasteiger partial charge in [-0.05, 0) is 43.3 Å². The van der Waals surface area contributed by atoms with Crippen molar-refractivity contribution in [1.29, 1.82) is 0 Å². The number of hydrogen-bond acceptors (Lipinski definition) is 7. The van der Waals surface area contributed by atoms with Gasteiger partial charge < -0.3 is 19.5 Å². The number of rotatable bonds is 7. The maximum absolute atomic E-state index is 12.9. The summed E-state index contributed by atoms with van der Waals surface area (Å²) in [4.78, 5) is 24.8. The molecule has 1 N–H and O–H groups in total. The molecule has 1 aliphatic rings. The van der Waals surface area contributed by atoms with E-state index >= 15 is 0 Å². The van der Waals surface area contributed by atoms with Crippen LogP contribution in [0.25, 0.3) is 0 Å². The van der Waals surface area contributed by atoms with Crippen LogP contribution in [0.4, 0.5) is 5.69 Å². The Bertz CT molecular complexity index is 1060. The number of carbonyl (C=O) groups excluding carboxylic acids is 2. The second kappa shape index (κ2) is 9.90. The number of anilines is 1. The minimum atomic E-state index is -3.78. The van der Waals surface area contributed by atoms with Gasteiger partial charge in [0, 0.05) is 18.8 Å². The molecule has 166 valence electrons. The largest absolute Gasteiger partial charge is 0.496 e. The van der Waals surface area contributed by atoms with Gasteiger partial charge >= 0.3 is 5.97 Å². The third kappa shape index (κ3) is 5.22. The number of ether oxygens (including phenoxy) is 3. The van der Waals surface area contributed by atoms with Crippen LogP contribution in [0, 0.1) is 0 Å². The van der Waals surface area contributed by atoms with Gasteiger partial charge in [-0.1, -0.05) is 6.07 Å². The Morgan fingerprint density at radius 3 is 2.55 bits per heavy atom. The highest BCUT2D eigenvalue weighted by molar-refractivity contribution is 7.89. The molecule has 0 radical (unpaired) electrons. The van der Waals surface area contributed by atoms with Crippen molar-refractivity contribution >= 4 is 27.6 Å². The van der Waals surface area contributed by atoms with Crippen LogP contribution >= 0.6 is 0 Å². The van der Waals surface area contributed by atoms with Crippen LogP contribution < -0.4 is 10.1 Å². The van der Waals surface area contributed by atoms with Gasteiger partial charge in [-0.15, -0.1) is 0 Å². The van der Waals surface area contributed by atoms with Crippen LogP contribution in [0.5, 0.6) is 5.75 Å². The van der Waals surface area contributed by atoms with Gasteiger partial charge in [0.1, 0.15) is 5.75 Å². The molecule has 1 aliphatic heterocycles. The lowest BCUT2D eigenvalue weighted by atomic mass is 10.1. The molecule has 9 nitrogen and oxygen atoms in total. The van der Waals surface area contributed by atoms with Crippen molar-refractivity contribution in [1.82, 2.24) is 4.31 Å². The first-order chi connectivity index (χ1) is 14.9. The molecule has 0 aromatic heterocycles. The third-order valence-electron chi connectivity index (χ3n) is 4.65. The fourth-order valence-corrected chi connectivity index (χ4v) is 4.53. The van der Waals surface area contributed by atoms with E-state index in [1.165, 1.54) is 35.7 Å². The molecule has 31 heavy (non-hydrogen) atoms. The van der Waals surface area contributed by atoms with E-state index in [0.717, 1.165) is 0 Å². The molecule has 0 aliphatic carbocycles. The number of nitrogens with one attached hydrogen (secondary N) is 1. The lowest BCUT2D eigenvalue weighted by molar-refractivity contribution is 0.0526. The van der Waals surface area contributed by atoms with Gasteiger partial charge in [0.2, 0.25) is 10.0 Å². The quantitative estimate of drug-likeness (QED) is 0.646. The molecule has 1 saturated heterocycles. The van der Waals surface area contributed by atoms with E-state index in [2.05, 4.69) is 5.32 Å². The maximum Gasteiger partial charge on any atom is 0.338 e. The zero-order valence-corrected chi connectivity index (χ0v) is 18.1. The number of esters is 1. The van der Waals surface area contributed by atoms with Crippen molar-refractivity contribution in [3.8, 4) is 5.75 Å². The number of morpholine rings is 1. The van der Waals surface area contributed by atoms with Crippen molar-refractivity contribution in [3.05, 3.63) is 53.6 Å². The van der Waals surface area contributed by atoms with Gasteiger partial charge in [-0.3, -0.25) is 4.79 Å². The van der Waals surface area contributed by atoms with E-state index in [1.807, 2.05) is 0 Å². The highest BCUT2D eigenvalue weighted by Gasteiger charge is 2.28. The predicted octanol–water partition coefficient (Wildman–Crippen LogP) is 2.15. The van der Waals surface area contributed by atoms with Gasteiger partial charge in [0.15, 0.2) is 0 Å². The Kier molecular flexibility index (Phi) is 7.26. The molecule has 3 rings (SSSR count). The highest BCUT2D eigenvalue weighted by atomic mass is 32.2. The number of carbonyl (C=O) groups is 2. The molecule has 1 fully saturated rings. The summed E-state index contributed by atoms with van der Waals surface area (Å²) < 4.78 is 42.6. The fourth-order valence-electron chi connectivity index (χ4n) is 3.10. The SMILES string of the molecule is CCOC(=O)c1cccc(NC(=O)c2cc(S(=O)(=O)N3CCOCC3)ccc2OC)c1. The molecule has 0 bridgehead atoms. The number of hydrogen-bond donors (Lipinski definition) is 1. The van der Waals surface area contributed by atoms with Crippen LogP contribution in [0.3, 0.4) is 0 Å². The molecule has 0 unspecified atom stereocenters. The van der Waals surface area contributed by atoms with Gasteiger partial charge in [0.05, 0.1) is 43.0 Å². The number of benzene rings is 2. The minimum Gasteiger partial charge on any atom is -0.496 e. The van der Waals surface area contributed by atoms with E-state index in [9.17, 15) is 18.0 Å². The summed E-state index contributed by atoms with van der Waals surface area (Å²) in [5.74, 6) is -0.855. The Morgan fingerprint density at radius 1 is 1.13 bits per heavy atom. The normalized spacial score (nSPS) is 14.6. The molecule has 0 spiro atoms. The van der Waals surface area contributed by atoms with E-state index in [-0.39, 0.29) is 41.5 Å². The van der Waals surface area contributed by atoms with Crippen LogP contribution in [-0.2, 0) is 19.5 Å². The summed E-state index contributed by atoms with van der Waals surface area (Å²) in [6.07, 6.45) is 0. The summed E-state index contributed by atoms with van der Waals surface area (Å²) in [5.41, 5.74) is 0.702. The lowest BCUT2D eigenvalue weighted by Gasteiger charge is -2.26. The smallest absolute Gasteiger partial charge is 0.338 e. The van der Waals surface area contributed by atoms with Gasteiger partial charge in [-0.2, -0.15) is 4.31 Å². The standard InChI is InChI=1S/C21H24N2O7S/c1-3-30-21(25)15-5-4-6-16(13-15)22-20(24)18-14-17(7-8-19(18)28-2)31(26,27)23-9-11-29-12-10-23/h4-8,13-14H,3,9-12H2,1-2H3,(H,22,24). The Balaban J connectivity index is 1.88. The topological polar surface area (TPSA) is 111 Å². The number of nitrogens with zero attached hydrogens (tertiary/aromatic N) is 1. The molecule has 1 amide bonds. The maximum atomic E-state index is 12.9. The zero-order chi connectivity index (χ0) is 22.4. The molecular weight excluding hydrogens is 424 g/mol. The molecule has 2 aromatic rings. The Morgan fingerprint density at radius 2 is 1.87 bits per heavy atom. The summed E-state index contributed by atoms with van der Waals surface area (Å²) >= 11 is 0. The number of methoxy groups -OCH3 is 1. The first kappa shape index (κ1) is 22.7. The minimum absolute atomic E-state index is 0.0133. The van der Waals surface area contributed by atoms with Crippen molar-refractivity contribution in [2.24, 2.45) is 0 Å². The lowest BCUT2D eigenvalue weighted by Crippen LogP contribution is -2.40. The average Bonchev–Trinajstić information content (AvgIpc) is 2.79. The zero-order valence-electron chi connectivity index (χ0n) is 17.3. The average molecular weight is 448 g/mol. The first-order valence-corrected chi connectivity index (χ1v) is 11.1. The number of sulfonamides is 1. The van der Waals surface area contributed by atoms with Gasteiger partial charge in [0.25, 0.3) is 5.91 Å². The fraction of sp³-hybridized carbons (Fsp3) is 0.333. The van der Waals surface area contributed by atoms with Crippen molar-refractivity contribution in [3.63, 3.8) is 0 Å². The molecule has 1 heterocycles. The van der Waals surface area contributed by atoms with Crippen LogP contribution in [0.2, 0.25) is 0 Å². The van der Waals surface area contributed by atoms with Crippen LogP contribution in [0.15, 0.2) is 47.4 Å². The Labute approximate surface area is 181 Å². The predicted molar refractivity (Wildman–Crippen MR) is 113 cm³/mol. The summed E-state index contributed by atoms with van der Waals surface area (Å²) in [7, 11) is -2.39. The molecule has 0 atom stereocenters. The van der Waals surface area contributed by atoms with E-state index in [0.29, 0.717) is 18.9 Å². The Hall–Kier alpha value is -2.95. The second-order valence-corrected chi connectivity index (χ2v) is 8.57. The third-order valence-corrected chi connectivity index (χ3v) is 6.55. The number of amides is 1. The van der Waals surface area contributed by atoms with E-state index in [1.54, 1.807) is 25.1 Å². The molecule has 2 aromatic carbocycles. The summed E-state index contributed by atoms with van der Waals surface area (Å²) in [5, 5.41) is 2.67. The van der Waals surface area contributed by atoms with Crippen molar-refractivity contribution < 1.29 is 32.2 Å². The first-order valence-electron chi connectivity index (χ1n) is 9.71. The monoisotopic (exact) mass is 448 g/mol. The summed E-state index contributed by atoms with van der Waals surface area (Å²) in [6, 6.07) is 10.4. The van der Waals surface area contributed by atoms with Crippen molar-refractivity contribution in [2.45, 2.75) is 11.8 Å². The van der Waals surface area contributed by atoms with E-state index < -0.39 is 21.9 Å². The molecule has 0 saturated carbocycles. The van der Waals surface area contributed by atoms with Gasteiger partial charge in [-0.25, -0.2) is 13.2 Å². The molecular formula is C21H24N2O7S. The second-order valence-electron chi connectivity index (χ2n) is 6.63. The van der Waals surface area contributed by atoms with Crippen LogP contribution in [-0.4, -0.2) is 64.6 Å². The van der Waals surface area contributed by atoms with E-state index in [4.69, 9.17) is 14.2 Å². The van der Waals surface area contributed by atoms with Crippen molar-refractivity contribution in [2.75, 3.05) is 45.3 Å². The van der Waals surface area contributed by atoms with Crippen LogP contribution in [0.1, 0.15) is 27.6 Å². The molecule has 10 heteroatoms. The summed E-state index contributed by atoms with van der Waals surface area (Å²) in [6.45, 7) is 3.07.